The van der Waals surface area contributed by atoms with Crippen LogP contribution >= 0.6 is 11.8 Å². The van der Waals surface area contributed by atoms with E-state index in [1.165, 1.54) is 0 Å². The van der Waals surface area contributed by atoms with Crippen molar-refractivity contribution in [2.24, 2.45) is 17.6 Å². The van der Waals surface area contributed by atoms with Crippen LogP contribution in [0.5, 0.6) is 11.5 Å². The van der Waals surface area contributed by atoms with Gasteiger partial charge in [0, 0.05) is 22.9 Å². The van der Waals surface area contributed by atoms with Gasteiger partial charge >= 0.3 is 0 Å². The lowest BCUT2D eigenvalue weighted by Gasteiger charge is -2.22. The van der Waals surface area contributed by atoms with Gasteiger partial charge in [-0.3, -0.25) is 0 Å². The molecule has 0 saturated carbocycles. The van der Waals surface area contributed by atoms with E-state index in [0.29, 0.717) is 5.70 Å². The number of nitrogens with two attached hydrogens (primary N) is 1. The van der Waals surface area contributed by atoms with Gasteiger partial charge in [0.1, 0.15) is 11.5 Å². The normalized spacial score (nSPS) is 15.2. The summed E-state index contributed by atoms with van der Waals surface area (Å²) in [4.78, 5) is 0. The van der Waals surface area contributed by atoms with E-state index in [9.17, 15) is 5.11 Å². The number of rotatable bonds is 12. The molecule has 0 amide bonds. The van der Waals surface area contributed by atoms with Gasteiger partial charge in [0.15, 0.2) is 0 Å². The molecular weight excluding hydrogens is 416 g/mol. The highest BCUT2D eigenvalue weighted by Crippen LogP contribution is 2.29. The molecule has 170 valence electrons. The molecule has 0 radical (unpaired) electrons. The van der Waals surface area contributed by atoms with Gasteiger partial charge in [-0.15, -0.1) is 24.9 Å². The minimum atomic E-state index is -0.737. The highest BCUT2D eigenvalue weighted by atomic mass is 32.2. The fourth-order valence-electron chi connectivity index (χ4n) is 3.33. The molecule has 0 aromatic heterocycles. The van der Waals surface area contributed by atoms with Crippen molar-refractivity contribution in [2.45, 2.75) is 26.4 Å². The standard InChI is InChI=1S/C27H34N2O2S/c1-6-19(4)23(7-2)26(30)18-25(28)24(8-3)27(32-5)29-20-14-16-22(17-15-20)31-21-12-10-9-11-13-21/h6-7,9-19,23,26,29-30H,1-2,8,28H2,3-5H3/b25-18-,27-24-. The van der Waals surface area contributed by atoms with Gasteiger partial charge < -0.3 is 20.9 Å². The number of aliphatic hydroxyl groups excluding tert-OH is 1. The zero-order chi connectivity index (χ0) is 23.5. The van der Waals surface area contributed by atoms with Gasteiger partial charge in [-0.05, 0) is 61.1 Å². The second-order valence-corrected chi connectivity index (χ2v) is 8.27. The Morgan fingerprint density at radius 2 is 1.72 bits per heavy atom. The Morgan fingerprint density at radius 1 is 1.09 bits per heavy atom. The number of aliphatic hydroxyl groups is 1. The second-order valence-electron chi connectivity index (χ2n) is 7.45. The van der Waals surface area contributed by atoms with Crippen molar-refractivity contribution in [2.75, 3.05) is 11.6 Å². The van der Waals surface area contributed by atoms with Crippen molar-refractivity contribution in [3.63, 3.8) is 0 Å². The maximum absolute atomic E-state index is 10.7. The van der Waals surface area contributed by atoms with Gasteiger partial charge in [-0.1, -0.05) is 44.2 Å². The summed E-state index contributed by atoms with van der Waals surface area (Å²) >= 11 is 1.58. The summed E-state index contributed by atoms with van der Waals surface area (Å²) in [5.41, 5.74) is 8.86. The van der Waals surface area contributed by atoms with Crippen LogP contribution in [-0.2, 0) is 0 Å². The average Bonchev–Trinajstić information content (AvgIpc) is 2.80. The molecule has 0 fully saturated rings. The van der Waals surface area contributed by atoms with Crippen LogP contribution in [0.25, 0.3) is 0 Å². The summed E-state index contributed by atoms with van der Waals surface area (Å²) < 4.78 is 5.86. The first-order valence-corrected chi connectivity index (χ1v) is 11.9. The predicted molar refractivity (Wildman–Crippen MR) is 139 cm³/mol. The minimum Gasteiger partial charge on any atom is -0.457 e. The molecule has 0 aliphatic rings. The molecule has 3 unspecified atom stereocenters. The smallest absolute Gasteiger partial charge is 0.127 e. The lowest BCUT2D eigenvalue weighted by molar-refractivity contribution is 0.157. The molecule has 5 heteroatoms. The number of hydrogen-bond acceptors (Lipinski definition) is 5. The third kappa shape index (κ3) is 7.08. The number of para-hydroxylation sites is 1. The Morgan fingerprint density at radius 3 is 2.25 bits per heavy atom. The summed E-state index contributed by atoms with van der Waals surface area (Å²) in [6, 6.07) is 17.5. The first-order valence-electron chi connectivity index (χ1n) is 10.7. The number of ether oxygens (including phenoxy) is 1. The zero-order valence-electron chi connectivity index (χ0n) is 19.1. The van der Waals surface area contributed by atoms with E-state index < -0.39 is 6.10 Å². The third-order valence-electron chi connectivity index (χ3n) is 5.27. The Balaban J connectivity index is 2.20. The molecule has 3 atom stereocenters. The van der Waals surface area contributed by atoms with Crippen molar-refractivity contribution in [3.8, 4) is 11.5 Å². The lowest BCUT2D eigenvalue weighted by atomic mass is 9.88. The number of benzene rings is 2. The highest BCUT2D eigenvalue weighted by molar-refractivity contribution is 8.02. The van der Waals surface area contributed by atoms with E-state index in [0.717, 1.165) is 34.2 Å². The third-order valence-corrected chi connectivity index (χ3v) is 6.02. The average molecular weight is 451 g/mol. The topological polar surface area (TPSA) is 67.5 Å². The van der Waals surface area contributed by atoms with Crippen molar-refractivity contribution in [1.29, 1.82) is 0 Å². The van der Waals surface area contributed by atoms with E-state index in [1.807, 2.05) is 73.9 Å². The number of allylic oxidation sites excluding steroid dienone is 2. The minimum absolute atomic E-state index is 0.0929. The van der Waals surface area contributed by atoms with E-state index in [1.54, 1.807) is 23.9 Å². The van der Waals surface area contributed by atoms with Gasteiger partial charge in [-0.25, -0.2) is 0 Å². The second kappa shape index (κ2) is 12.8. The van der Waals surface area contributed by atoms with E-state index >= 15 is 0 Å². The quantitative estimate of drug-likeness (QED) is 0.248. The molecule has 0 aliphatic carbocycles. The van der Waals surface area contributed by atoms with Crippen LogP contribution in [0, 0.1) is 11.8 Å². The molecule has 4 N–H and O–H groups in total. The summed E-state index contributed by atoms with van der Waals surface area (Å²) in [5, 5.41) is 15.1. The van der Waals surface area contributed by atoms with Gasteiger partial charge in [0.05, 0.1) is 11.1 Å². The Hall–Kier alpha value is -2.89. The lowest BCUT2D eigenvalue weighted by Crippen LogP contribution is -2.23. The van der Waals surface area contributed by atoms with Crippen LogP contribution in [0.15, 0.2) is 102 Å². The van der Waals surface area contributed by atoms with Gasteiger partial charge in [0.25, 0.3) is 0 Å². The number of nitrogens with one attached hydrogen (secondary N) is 1. The molecule has 4 nitrogen and oxygen atoms in total. The predicted octanol–water partition coefficient (Wildman–Crippen LogP) is 6.70. The van der Waals surface area contributed by atoms with Crippen molar-refractivity contribution >= 4 is 17.4 Å². The number of thioether (sulfide) groups is 1. The van der Waals surface area contributed by atoms with Crippen molar-refractivity contribution < 1.29 is 9.84 Å². The van der Waals surface area contributed by atoms with Crippen LogP contribution < -0.4 is 15.8 Å². The number of hydrogen-bond donors (Lipinski definition) is 3. The number of anilines is 1. The van der Waals surface area contributed by atoms with E-state index in [4.69, 9.17) is 10.5 Å². The molecule has 0 bridgehead atoms. The molecule has 2 aromatic carbocycles. The van der Waals surface area contributed by atoms with Gasteiger partial charge in [0.2, 0.25) is 0 Å². The summed E-state index contributed by atoms with van der Waals surface area (Å²) in [6.07, 6.45) is 7.27. The van der Waals surface area contributed by atoms with E-state index in [2.05, 4.69) is 25.4 Å². The fraction of sp³-hybridized carbons (Fsp3) is 0.259. The molecule has 0 heterocycles. The molecule has 2 aromatic rings. The summed E-state index contributed by atoms with van der Waals surface area (Å²) in [7, 11) is 0. The van der Waals surface area contributed by atoms with Crippen LogP contribution in [0.2, 0.25) is 0 Å². The van der Waals surface area contributed by atoms with Crippen LogP contribution in [0.1, 0.15) is 20.3 Å². The Kier molecular flexibility index (Phi) is 10.2. The molecule has 2 rings (SSSR count). The van der Waals surface area contributed by atoms with Crippen LogP contribution in [0.3, 0.4) is 0 Å². The SMILES string of the molecule is C=CC(C)C(C=C)C(O)/C=C(N)/C(CC)=C(/Nc1ccc(Oc2ccccc2)cc1)SC. The summed E-state index contributed by atoms with van der Waals surface area (Å²) in [5.74, 6) is 1.51. The van der Waals surface area contributed by atoms with Crippen molar-refractivity contribution in [3.05, 3.63) is 102 Å². The monoisotopic (exact) mass is 450 g/mol. The maximum atomic E-state index is 10.7. The van der Waals surface area contributed by atoms with Crippen LogP contribution in [-0.4, -0.2) is 17.5 Å². The fourth-order valence-corrected chi connectivity index (χ4v) is 4.05. The highest BCUT2D eigenvalue weighted by Gasteiger charge is 2.20. The largest absolute Gasteiger partial charge is 0.457 e. The van der Waals surface area contributed by atoms with Gasteiger partial charge in [-0.2, -0.15) is 0 Å². The molecule has 0 aliphatic heterocycles. The van der Waals surface area contributed by atoms with Crippen molar-refractivity contribution in [1.82, 2.24) is 0 Å². The molecule has 32 heavy (non-hydrogen) atoms. The molecule has 0 saturated heterocycles. The first kappa shape index (κ1) is 25.4. The Bertz CT molecular complexity index is 936. The van der Waals surface area contributed by atoms with Crippen LogP contribution in [0.4, 0.5) is 5.69 Å². The maximum Gasteiger partial charge on any atom is 0.127 e. The zero-order valence-corrected chi connectivity index (χ0v) is 19.9. The molecular formula is C27H34N2O2S. The molecule has 0 spiro atoms. The first-order chi connectivity index (χ1) is 15.4. The Labute approximate surface area is 196 Å². The summed E-state index contributed by atoms with van der Waals surface area (Å²) in [6.45, 7) is 11.7. The van der Waals surface area contributed by atoms with E-state index in [-0.39, 0.29) is 11.8 Å².